The summed E-state index contributed by atoms with van der Waals surface area (Å²) in [6.07, 6.45) is 1.45. The van der Waals surface area contributed by atoms with Gasteiger partial charge in [-0.1, -0.05) is 39.0 Å². The van der Waals surface area contributed by atoms with Gasteiger partial charge in [0.05, 0.1) is 23.4 Å². The fourth-order valence-corrected chi connectivity index (χ4v) is 3.61. The van der Waals surface area contributed by atoms with Crippen LogP contribution in [0.4, 0.5) is 17.2 Å². The van der Waals surface area contributed by atoms with Crippen LogP contribution in [0.2, 0.25) is 0 Å². The Kier molecular flexibility index (Phi) is 5.57. The molecule has 164 valence electrons. The summed E-state index contributed by atoms with van der Waals surface area (Å²) in [6.45, 7) is 7.41. The molecule has 3 aromatic rings. The maximum absolute atomic E-state index is 13.1. The average molecular weight is 431 g/mol. The molecule has 32 heavy (non-hydrogen) atoms. The monoisotopic (exact) mass is 430 g/mol. The van der Waals surface area contributed by atoms with Gasteiger partial charge in [-0.25, -0.2) is 4.98 Å². The van der Waals surface area contributed by atoms with Gasteiger partial charge in [-0.2, -0.15) is 0 Å². The Bertz CT molecular complexity index is 1150. The van der Waals surface area contributed by atoms with Gasteiger partial charge in [0, 0.05) is 11.9 Å². The van der Waals surface area contributed by atoms with E-state index in [0.717, 1.165) is 11.4 Å². The quantitative estimate of drug-likeness (QED) is 0.645. The number of nitrogens with zero attached hydrogens (tertiary/aromatic N) is 2. The van der Waals surface area contributed by atoms with Crippen molar-refractivity contribution in [3.8, 4) is 5.75 Å². The first-order valence-electron chi connectivity index (χ1n) is 10.4. The third-order valence-electron chi connectivity index (χ3n) is 5.41. The molecular formula is C25H26N4O3. The number of para-hydroxylation sites is 1. The molecule has 2 aromatic carbocycles. The molecule has 0 saturated heterocycles. The molecule has 7 nitrogen and oxygen atoms in total. The maximum Gasteiger partial charge on any atom is 0.259 e. The maximum atomic E-state index is 13.1. The molecule has 0 bridgehead atoms. The highest BCUT2D eigenvalue weighted by molar-refractivity contribution is 6.07. The molecular weight excluding hydrogens is 404 g/mol. The molecule has 2 heterocycles. The Morgan fingerprint density at radius 3 is 2.44 bits per heavy atom. The zero-order valence-corrected chi connectivity index (χ0v) is 18.4. The van der Waals surface area contributed by atoms with Crippen LogP contribution in [-0.2, 0) is 5.41 Å². The van der Waals surface area contributed by atoms with Crippen molar-refractivity contribution < 1.29 is 14.3 Å². The second-order valence-electron chi connectivity index (χ2n) is 8.70. The van der Waals surface area contributed by atoms with Gasteiger partial charge in [-0.3, -0.25) is 9.59 Å². The number of nitrogens with one attached hydrogen (secondary N) is 1. The molecule has 1 aliphatic heterocycles. The Morgan fingerprint density at radius 2 is 1.81 bits per heavy atom. The largest absolute Gasteiger partial charge is 0.489 e. The molecule has 0 saturated carbocycles. The number of carbonyl (C=O) groups excluding carboxylic acids is 2. The van der Waals surface area contributed by atoms with Crippen LogP contribution in [0.3, 0.4) is 0 Å². The standard InChI is InChI=1S/C25H26N4O3/c1-25(2,3)17-8-10-18(11-9-17)28-24(31)19-5-4-6-20-22(19)32-14-13-29(20)21-12-7-16(15-27-21)23(26)30/h4-12,15H,13-14H2,1-3H3,(H2,26,30)(H,28,31). The van der Waals surface area contributed by atoms with E-state index in [1.807, 2.05) is 41.3 Å². The Balaban J connectivity index is 1.59. The topological polar surface area (TPSA) is 97.5 Å². The molecule has 4 rings (SSSR count). The van der Waals surface area contributed by atoms with Crippen molar-refractivity contribution in [2.75, 3.05) is 23.4 Å². The molecule has 0 aliphatic carbocycles. The normalized spacial score (nSPS) is 13.2. The molecule has 1 aromatic heterocycles. The number of benzene rings is 2. The van der Waals surface area contributed by atoms with E-state index in [0.29, 0.717) is 35.8 Å². The molecule has 7 heteroatoms. The van der Waals surface area contributed by atoms with Crippen molar-refractivity contribution in [3.05, 3.63) is 77.5 Å². The van der Waals surface area contributed by atoms with Crippen LogP contribution < -0.4 is 20.7 Å². The summed E-state index contributed by atoms with van der Waals surface area (Å²) in [5, 5.41) is 2.96. The summed E-state index contributed by atoms with van der Waals surface area (Å²) < 4.78 is 5.89. The minimum absolute atomic E-state index is 0.0437. The van der Waals surface area contributed by atoms with E-state index in [1.165, 1.54) is 11.8 Å². The minimum Gasteiger partial charge on any atom is -0.489 e. The van der Waals surface area contributed by atoms with Gasteiger partial charge in [0.15, 0.2) is 5.75 Å². The van der Waals surface area contributed by atoms with Crippen LogP contribution in [0.5, 0.6) is 5.75 Å². The van der Waals surface area contributed by atoms with Crippen LogP contribution in [0.25, 0.3) is 0 Å². The van der Waals surface area contributed by atoms with Crippen LogP contribution >= 0.6 is 0 Å². The van der Waals surface area contributed by atoms with E-state index < -0.39 is 5.91 Å². The summed E-state index contributed by atoms with van der Waals surface area (Å²) in [5.41, 5.74) is 8.79. The second-order valence-corrected chi connectivity index (χ2v) is 8.70. The van der Waals surface area contributed by atoms with E-state index in [-0.39, 0.29) is 11.3 Å². The van der Waals surface area contributed by atoms with Crippen LogP contribution in [0.1, 0.15) is 47.1 Å². The zero-order chi connectivity index (χ0) is 22.9. The van der Waals surface area contributed by atoms with Gasteiger partial charge < -0.3 is 20.7 Å². The second kappa shape index (κ2) is 8.34. The van der Waals surface area contributed by atoms with Gasteiger partial charge in [0.2, 0.25) is 5.91 Å². The SMILES string of the molecule is CC(C)(C)c1ccc(NC(=O)c2cccc3c2OCCN3c2ccc(C(N)=O)cn2)cc1. The van der Waals surface area contributed by atoms with Crippen molar-refractivity contribution in [1.82, 2.24) is 4.98 Å². The zero-order valence-electron chi connectivity index (χ0n) is 18.4. The van der Waals surface area contributed by atoms with E-state index in [2.05, 4.69) is 31.1 Å². The third-order valence-corrected chi connectivity index (χ3v) is 5.41. The highest BCUT2D eigenvalue weighted by Gasteiger charge is 2.25. The number of pyridine rings is 1. The van der Waals surface area contributed by atoms with E-state index in [9.17, 15) is 9.59 Å². The van der Waals surface area contributed by atoms with Gasteiger partial charge in [-0.15, -0.1) is 0 Å². The van der Waals surface area contributed by atoms with Crippen molar-refractivity contribution in [2.45, 2.75) is 26.2 Å². The minimum atomic E-state index is -0.527. The molecule has 2 amide bonds. The van der Waals surface area contributed by atoms with Crippen LogP contribution in [0, 0.1) is 0 Å². The summed E-state index contributed by atoms with van der Waals surface area (Å²) in [4.78, 5) is 30.7. The van der Waals surface area contributed by atoms with Gasteiger partial charge >= 0.3 is 0 Å². The lowest BCUT2D eigenvalue weighted by atomic mass is 9.87. The number of hydrogen-bond acceptors (Lipinski definition) is 5. The summed E-state index contributed by atoms with van der Waals surface area (Å²) in [7, 11) is 0. The first-order chi connectivity index (χ1) is 15.2. The lowest BCUT2D eigenvalue weighted by Gasteiger charge is -2.31. The summed E-state index contributed by atoms with van der Waals surface area (Å²) >= 11 is 0. The number of primary amides is 1. The van der Waals surface area contributed by atoms with Crippen LogP contribution in [0.15, 0.2) is 60.8 Å². The number of carbonyl (C=O) groups is 2. The third kappa shape index (κ3) is 4.27. The number of ether oxygens (including phenoxy) is 1. The van der Waals surface area contributed by atoms with Crippen molar-refractivity contribution in [1.29, 1.82) is 0 Å². The molecule has 3 N–H and O–H groups in total. The van der Waals surface area contributed by atoms with E-state index in [1.54, 1.807) is 18.2 Å². The number of nitrogens with two attached hydrogens (primary N) is 1. The first-order valence-corrected chi connectivity index (χ1v) is 10.4. The molecule has 0 unspecified atom stereocenters. The Morgan fingerprint density at radius 1 is 1.06 bits per heavy atom. The number of fused-ring (bicyclic) bond motifs is 1. The number of anilines is 3. The predicted octanol–water partition coefficient (Wildman–Crippen LogP) is 4.26. The molecule has 1 aliphatic rings. The lowest BCUT2D eigenvalue weighted by Crippen LogP contribution is -2.30. The predicted molar refractivity (Wildman–Crippen MR) is 125 cm³/mol. The average Bonchev–Trinajstić information content (AvgIpc) is 2.78. The first kappa shape index (κ1) is 21.4. The van der Waals surface area contributed by atoms with Crippen molar-refractivity contribution >= 4 is 29.0 Å². The molecule has 0 atom stereocenters. The Labute approximate surface area is 187 Å². The van der Waals surface area contributed by atoms with Crippen molar-refractivity contribution in [3.63, 3.8) is 0 Å². The lowest BCUT2D eigenvalue weighted by molar-refractivity contribution is 0.0996. The Hall–Kier alpha value is -3.87. The van der Waals surface area contributed by atoms with Gasteiger partial charge in [0.1, 0.15) is 12.4 Å². The fraction of sp³-hybridized carbons (Fsp3) is 0.240. The number of amides is 2. The van der Waals surface area contributed by atoms with Gasteiger partial charge in [-0.05, 0) is 47.4 Å². The van der Waals surface area contributed by atoms with Gasteiger partial charge in [0.25, 0.3) is 5.91 Å². The summed E-state index contributed by atoms with van der Waals surface area (Å²) in [5.74, 6) is 0.378. The summed E-state index contributed by atoms with van der Waals surface area (Å²) in [6, 6.07) is 16.7. The van der Waals surface area contributed by atoms with E-state index in [4.69, 9.17) is 10.5 Å². The molecule has 0 fully saturated rings. The van der Waals surface area contributed by atoms with Crippen LogP contribution in [-0.4, -0.2) is 29.9 Å². The number of hydrogen-bond donors (Lipinski definition) is 2. The van der Waals surface area contributed by atoms with Crippen molar-refractivity contribution in [2.24, 2.45) is 5.73 Å². The number of aromatic nitrogens is 1. The molecule has 0 radical (unpaired) electrons. The highest BCUT2D eigenvalue weighted by Crippen LogP contribution is 2.38. The van der Waals surface area contributed by atoms with E-state index >= 15 is 0 Å². The fourth-order valence-electron chi connectivity index (χ4n) is 3.61. The number of rotatable bonds is 4. The molecule has 0 spiro atoms. The highest BCUT2D eigenvalue weighted by atomic mass is 16.5. The smallest absolute Gasteiger partial charge is 0.259 e.